The first-order valence-corrected chi connectivity index (χ1v) is 10.2. The maximum absolute atomic E-state index is 13.2. The Balaban J connectivity index is 1.87. The largest absolute Gasteiger partial charge is 0.333 e. The molecule has 1 fully saturated rings. The molecule has 3 rings (SSSR count). The Morgan fingerprint density at radius 1 is 1.15 bits per heavy atom. The van der Waals surface area contributed by atoms with E-state index >= 15 is 0 Å². The number of hydrogen-bond donors (Lipinski definition) is 0. The Morgan fingerprint density at radius 3 is 2.41 bits per heavy atom. The molecule has 146 valence electrons. The van der Waals surface area contributed by atoms with Crippen molar-refractivity contribution in [3.63, 3.8) is 0 Å². The molecule has 1 aromatic rings. The minimum Gasteiger partial charge on any atom is -0.333 e. The second-order valence-electron chi connectivity index (χ2n) is 7.95. The van der Waals surface area contributed by atoms with Crippen LogP contribution in [-0.2, 0) is 0 Å². The van der Waals surface area contributed by atoms with Crippen LogP contribution in [0.4, 0.5) is 0 Å². The van der Waals surface area contributed by atoms with Crippen molar-refractivity contribution in [1.29, 1.82) is 0 Å². The molecule has 5 heteroatoms. The Kier molecular flexibility index (Phi) is 5.68. The third kappa shape index (κ3) is 3.64. The van der Waals surface area contributed by atoms with Gasteiger partial charge in [-0.25, -0.2) is 0 Å². The molecule has 1 aromatic carbocycles. The summed E-state index contributed by atoms with van der Waals surface area (Å²) in [7, 11) is 0. The quantitative estimate of drug-likeness (QED) is 0.647. The van der Waals surface area contributed by atoms with Gasteiger partial charge in [-0.15, -0.1) is 0 Å². The molecule has 0 aromatic heterocycles. The lowest BCUT2D eigenvalue weighted by molar-refractivity contribution is 0.0614. The van der Waals surface area contributed by atoms with Gasteiger partial charge in [0.2, 0.25) is 0 Å². The van der Waals surface area contributed by atoms with Gasteiger partial charge >= 0.3 is 0 Å². The number of fused-ring (bicyclic) bond motifs is 1. The fraction of sp³-hybridized carbons (Fsp3) is 0.591. The van der Waals surface area contributed by atoms with Crippen LogP contribution < -0.4 is 0 Å². The molecule has 1 aliphatic carbocycles. The van der Waals surface area contributed by atoms with Crippen LogP contribution in [0, 0.1) is 5.92 Å². The summed E-state index contributed by atoms with van der Waals surface area (Å²) in [6.07, 6.45) is 4.81. The lowest BCUT2D eigenvalue weighted by Crippen LogP contribution is -2.43. The third-order valence-corrected chi connectivity index (χ3v) is 6.03. The predicted molar refractivity (Wildman–Crippen MR) is 105 cm³/mol. The number of rotatable bonds is 8. The molecular weight excluding hydrogens is 340 g/mol. The minimum atomic E-state index is -0.272. The summed E-state index contributed by atoms with van der Waals surface area (Å²) < 4.78 is 0. The molecule has 0 radical (unpaired) electrons. The lowest BCUT2D eigenvalue weighted by atomic mass is 9.97. The van der Waals surface area contributed by atoms with Crippen molar-refractivity contribution in [2.75, 3.05) is 6.54 Å². The fourth-order valence-corrected chi connectivity index (χ4v) is 3.74. The fourth-order valence-electron chi connectivity index (χ4n) is 3.74. The number of benzene rings is 1. The summed E-state index contributed by atoms with van der Waals surface area (Å²) in [5.74, 6) is -0.127. The van der Waals surface area contributed by atoms with Gasteiger partial charge in [-0.05, 0) is 50.3 Å². The molecule has 0 spiro atoms. The van der Waals surface area contributed by atoms with Gasteiger partial charge in [-0.2, -0.15) is 0 Å². The van der Waals surface area contributed by atoms with Crippen molar-refractivity contribution in [3.8, 4) is 0 Å². The Bertz CT molecular complexity index is 754. The number of imide groups is 1. The number of carbonyl (C=O) groups is 3. The van der Waals surface area contributed by atoms with E-state index in [2.05, 4.69) is 20.8 Å². The highest BCUT2D eigenvalue weighted by atomic mass is 16.2. The van der Waals surface area contributed by atoms with Crippen LogP contribution in [0.2, 0.25) is 0 Å². The molecule has 0 saturated heterocycles. The zero-order chi connectivity index (χ0) is 19.7. The summed E-state index contributed by atoms with van der Waals surface area (Å²) in [6.45, 7) is 8.88. The van der Waals surface area contributed by atoms with E-state index in [-0.39, 0.29) is 23.8 Å². The standard InChI is InChI=1S/C22H30N2O3/c1-5-7-12-23-21(26)18-11-8-16(13-19(18)22(23)27)20(25)24(17-9-10-17)15(4)14(3)6-2/h8,11,13-15,17H,5-7,9-10,12H2,1-4H3. The third-order valence-electron chi connectivity index (χ3n) is 6.03. The summed E-state index contributed by atoms with van der Waals surface area (Å²) >= 11 is 0. The van der Waals surface area contributed by atoms with Gasteiger partial charge < -0.3 is 4.90 Å². The van der Waals surface area contributed by atoms with E-state index in [9.17, 15) is 14.4 Å². The van der Waals surface area contributed by atoms with Crippen molar-refractivity contribution >= 4 is 17.7 Å². The molecule has 3 amide bonds. The number of nitrogens with zero attached hydrogens (tertiary/aromatic N) is 2. The first-order valence-electron chi connectivity index (χ1n) is 10.2. The maximum Gasteiger partial charge on any atom is 0.261 e. The molecule has 2 atom stereocenters. The number of unbranched alkanes of at least 4 members (excludes halogenated alkanes) is 1. The highest BCUT2D eigenvalue weighted by Gasteiger charge is 2.39. The Hall–Kier alpha value is -2.17. The van der Waals surface area contributed by atoms with Gasteiger partial charge in [0.1, 0.15) is 0 Å². The number of carbonyl (C=O) groups excluding carboxylic acids is 3. The molecule has 0 N–H and O–H groups in total. The van der Waals surface area contributed by atoms with Crippen LogP contribution in [-0.4, -0.2) is 46.1 Å². The van der Waals surface area contributed by atoms with Gasteiger partial charge in [-0.3, -0.25) is 19.3 Å². The van der Waals surface area contributed by atoms with Crippen LogP contribution in [0.3, 0.4) is 0 Å². The first-order chi connectivity index (χ1) is 12.9. The topological polar surface area (TPSA) is 57.7 Å². The van der Waals surface area contributed by atoms with Gasteiger partial charge in [-0.1, -0.05) is 33.6 Å². The van der Waals surface area contributed by atoms with E-state index in [4.69, 9.17) is 0 Å². The second-order valence-corrected chi connectivity index (χ2v) is 7.95. The molecule has 5 nitrogen and oxygen atoms in total. The van der Waals surface area contributed by atoms with E-state index in [0.29, 0.717) is 35.2 Å². The summed E-state index contributed by atoms with van der Waals surface area (Å²) in [6, 6.07) is 5.43. The zero-order valence-corrected chi connectivity index (χ0v) is 16.8. The number of amides is 3. The van der Waals surface area contributed by atoms with Crippen molar-refractivity contribution in [2.24, 2.45) is 5.92 Å². The van der Waals surface area contributed by atoms with Crippen molar-refractivity contribution in [2.45, 2.75) is 71.9 Å². The highest BCUT2D eigenvalue weighted by Crippen LogP contribution is 2.33. The average Bonchev–Trinajstić information content (AvgIpc) is 3.48. The second kappa shape index (κ2) is 7.83. The van der Waals surface area contributed by atoms with Crippen LogP contribution in [0.15, 0.2) is 18.2 Å². The molecule has 1 heterocycles. The smallest absolute Gasteiger partial charge is 0.261 e. The van der Waals surface area contributed by atoms with E-state index in [1.807, 2.05) is 11.8 Å². The lowest BCUT2D eigenvalue weighted by Gasteiger charge is -2.33. The Labute approximate surface area is 161 Å². The zero-order valence-electron chi connectivity index (χ0n) is 16.8. The highest BCUT2D eigenvalue weighted by molar-refractivity contribution is 6.22. The van der Waals surface area contributed by atoms with Crippen LogP contribution in [0.25, 0.3) is 0 Å². The predicted octanol–water partition coefficient (Wildman–Crippen LogP) is 4.12. The number of hydrogen-bond acceptors (Lipinski definition) is 3. The van der Waals surface area contributed by atoms with Gasteiger partial charge in [0.05, 0.1) is 11.1 Å². The van der Waals surface area contributed by atoms with Crippen LogP contribution >= 0.6 is 0 Å². The summed E-state index contributed by atoms with van der Waals surface area (Å²) in [4.78, 5) is 41.7. The van der Waals surface area contributed by atoms with Gasteiger partial charge in [0.25, 0.3) is 17.7 Å². The SMILES string of the molecule is CCCCN1C(=O)c2ccc(C(=O)N(C3CC3)C(C)C(C)CC)cc2C1=O. The molecule has 1 saturated carbocycles. The van der Waals surface area contributed by atoms with Crippen molar-refractivity contribution in [3.05, 3.63) is 34.9 Å². The van der Waals surface area contributed by atoms with E-state index in [0.717, 1.165) is 32.1 Å². The summed E-state index contributed by atoms with van der Waals surface area (Å²) in [5.41, 5.74) is 1.30. The molecule has 2 unspecified atom stereocenters. The van der Waals surface area contributed by atoms with Crippen LogP contribution in [0.1, 0.15) is 90.9 Å². The maximum atomic E-state index is 13.2. The van der Waals surface area contributed by atoms with Crippen LogP contribution in [0.5, 0.6) is 0 Å². The molecule has 2 aliphatic rings. The Morgan fingerprint density at radius 2 is 1.81 bits per heavy atom. The van der Waals surface area contributed by atoms with Gasteiger partial charge in [0, 0.05) is 24.2 Å². The van der Waals surface area contributed by atoms with E-state index in [1.54, 1.807) is 18.2 Å². The molecular formula is C22H30N2O3. The van der Waals surface area contributed by atoms with E-state index < -0.39 is 0 Å². The minimum absolute atomic E-state index is 0.0274. The molecule has 0 bridgehead atoms. The molecule has 1 aliphatic heterocycles. The first kappa shape index (κ1) is 19.6. The summed E-state index contributed by atoms with van der Waals surface area (Å²) in [5, 5.41) is 0. The van der Waals surface area contributed by atoms with Gasteiger partial charge in [0.15, 0.2) is 0 Å². The molecule has 27 heavy (non-hydrogen) atoms. The van der Waals surface area contributed by atoms with Crippen molar-refractivity contribution in [1.82, 2.24) is 9.80 Å². The van der Waals surface area contributed by atoms with E-state index in [1.165, 1.54) is 4.90 Å². The average molecular weight is 370 g/mol. The van der Waals surface area contributed by atoms with Crippen molar-refractivity contribution < 1.29 is 14.4 Å². The normalized spacial score (nSPS) is 18.4. The monoisotopic (exact) mass is 370 g/mol.